The van der Waals surface area contributed by atoms with E-state index in [1.807, 2.05) is 4.57 Å². The van der Waals surface area contributed by atoms with Crippen molar-refractivity contribution in [3.8, 4) is 0 Å². The lowest BCUT2D eigenvalue weighted by Crippen LogP contribution is -2.15. The number of alkyl halides is 1. The topological polar surface area (TPSA) is 17.8 Å². The first-order valence-corrected chi connectivity index (χ1v) is 7.32. The molecule has 0 N–H and O–H groups in total. The van der Waals surface area contributed by atoms with Crippen molar-refractivity contribution in [3.63, 3.8) is 0 Å². The molecule has 1 aromatic carbocycles. The Balaban J connectivity index is 2.66. The molecule has 1 aromatic heterocycles. The number of rotatable bonds is 4. The Morgan fingerprint density at radius 2 is 2.05 bits per heavy atom. The number of aromatic nitrogens is 2. The van der Waals surface area contributed by atoms with Gasteiger partial charge in [0.1, 0.15) is 11.6 Å². The zero-order valence-corrected chi connectivity index (χ0v) is 12.8. The lowest BCUT2D eigenvalue weighted by atomic mass is 10.0. The Hall–Kier alpha value is -0.800. The lowest BCUT2D eigenvalue weighted by molar-refractivity contribution is 0.371. The fourth-order valence-corrected chi connectivity index (χ4v) is 2.63. The normalized spacial score (nSPS) is 14.8. The Labute approximate surface area is 122 Å². The summed E-state index contributed by atoms with van der Waals surface area (Å²) in [6.07, 6.45) is 1.04. The van der Waals surface area contributed by atoms with E-state index in [-0.39, 0.29) is 11.1 Å². The quantitative estimate of drug-likeness (QED) is 0.712. The fraction of sp³-hybridized carbons (Fsp3) is 0.500. The number of benzene rings is 1. The van der Waals surface area contributed by atoms with Gasteiger partial charge in [0.15, 0.2) is 0 Å². The SMILES string of the molecule is CCC(C)C(C)n1c(CCl)nc2cc(Cl)c(F)cc21. The zero-order chi connectivity index (χ0) is 14.2. The first-order chi connectivity index (χ1) is 8.99. The summed E-state index contributed by atoms with van der Waals surface area (Å²) in [5.74, 6) is 1.09. The molecule has 5 heteroatoms. The van der Waals surface area contributed by atoms with Crippen molar-refractivity contribution in [2.24, 2.45) is 5.92 Å². The molecule has 104 valence electrons. The van der Waals surface area contributed by atoms with Crippen LogP contribution in [0.4, 0.5) is 4.39 Å². The van der Waals surface area contributed by atoms with Gasteiger partial charge in [-0.25, -0.2) is 9.37 Å². The number of hydrogen-bond donors (Lipinski definition) is 0. The maximum absolute atomic E-state index is 13.7. The van der Waals surface area contributed by atoms with Gasteiger partial charge in [0, 0.05) is 12.1 Å². The molecule has 0 aliphatic carbocycles. The van der Waals surface area contributed by atoms with Crippen molar-refractivity contribution in [3.05, 3.63) is 28.8 Å². The molecule has 0 saturated carbocycles. The molecular formula is C14H17Cl2FN2. The van der Waals surface area contributed by atoms with Gasteiger partial charge in [-0.3, -0.25) is 0 Å². The van der Waals surface area contributed by atoms with E-state index < -0.39 is 5.82 Å². The summed E-state index contributed by atoms with van der Waals surface area (Å²) in [6.45, 7) is 6.41. The van der Waals surface area contributed by atoms with E-state index in [2.05, 4.69) is 25.8 Å². The first kappa shape index (κ1) is 14.6. The van der Waals surface area contributed by atoms with Crippen molar-refractivity contribution in [1.29, 1.82) is 0 Å². The highest BCUT2D eigenvalue weighted by Crippen LogP contribution is 2.30. The van der Waals surface area contributed by atoms with E-state index in [0.717, 1.165) is 17.8 Å². The summed E-state index contributed by atoms with van der Waals surface area (Å²) in [7, 11) is 0. The average Bonchev–Trinajstić information content (AvgIpc) is 2.75. The van der Waals surface area contributed by atoms with Gasteiger partial charge in [0.2, 0.25) is 0 Å². The first-order valence-electron chi connectivity index (χ1n) is 6.41. The van der Waals surface area contributed by atoms with Crippen LogP contribution in [0.5, 0.6) is 0 Å². The zero-order valence-electron chi connectivity index (χ0n) is 11.3. The van der Waals surface area contributed by atoms with Crippen molar-refractivity contribution < 1.29 is 4.39 Å². The van der Waals surface area contributed by atoms with Gasteiger partial charge >= 0.3 is 0 Å². The molecule has 2 nitrogen and oxygen atoms in total. The molecule has 0 aliphatic rings. The Kier molecular flexibility index (Phi) is 4.36. The number of imidazole rings is 1. The molecular weight excluding hydrogens is 286 g/mol. The third-order valence-electron chi connectivity index (χ3n) is 3.80. The molecule has 0 saturated heterocycles. The van der Waals surface area contributed by atoms with Crippen LogP contribution in [0.3, 0.4) is 0 Å². The highest BCUT2D eigenvalue weighted by molar-refractivity contribution is 6.31. The maximum Gasteiger partial charge on any atom is 0.144 e. The largest absolute Gasteiger partial charge is 0.324 e. The predicted molar refractivity (Wildman–Crippen MR) is 78.4 cm³/mol. The minimum Gasteiger partial charge on any atom is -0.324 e. The average molecular weight is 303 g/mol. The van der Waals surface area contributed by atoms with Gasteiger partial charge in [-0.2, -0.15) is 0 Å². The van der Waals surface area contributed by atoms with Crippen LogP contribution < -0.4 is 0 Å². The number of fused-ring (bicyclic) bond motifs is 1. The van der Waals surface area contributed by atoms with E-state index in [4.69, 9.17) is 23.2 Å². The number of halogens is 3. The number of hydrogen-bond acceptors (Lipinski definition) is 1. The van der Waals surface area contributed by atoms with Crippen LogP contribution in [0.15, 0.2) is 12.1 Å². The monoisotopic (exact) mass is 302 g/mol. The molecule has 0 fully saturated rings. The smallest absolute Gasteiger partial charge is 0.144 e. The van der Waals surface area contributed by atoms with Crippen molar-refractivity contribution in [2.75, 3.05) is 0 Å². The van der Waals surface area contributed by atoms with Gasteiger partial charge in [0.25, 0.3) is 0 Å². The molecule has 2 atom stereocenters. The molecule has 0 amide bonds. The van der Waals surface area contributed by atoms with Crippen LogP contribution in [0.25, 0.3) is 11.0 Å². The van der Waals surface area contributed by atoms with Crippen LogP contribution in [-0.2, 0) is 5.88 Å². The molecule has 0 spiro atoms. The van der Waals surface area contributed by atoms with Gasteiger partial charge in [0.05, 0.1) is 21.9 Å². The molecule has 2 unspecified atom stereocenters. The summed E-state index contributed by atoms with van der Waals surface area (Å²) in [6, 6.07) is 3.21. The summed E-state index contributed by atoms with van der Waals surface area (Å²) in [5.41, 5.74) is 1.45. The minimum atomic E-state index is -0.423. The predicted octanol–water partition coefficient (Wildman–Crippen LogP) is 5.17. The number of nitrogens with zero attached hydrogens (tertiary/aromatic N) is 2. The van der Waals surface area contributed by atoms with Crippen molar-refractivity contribution in [1.82, 2.24) is 9.55 Å². The van der Waals surface area contributed by atoms with Crippen molar-refractivity contribution in [2.45, 2.75) is 39.1 Å². The van der Waals surface area contributed by atoms with E-state index in [9.17, 15) is 4.39 Å². The van der Waals surface area contributed by atoms with Gasteiger partial charge in [-0.05, 0) is 18.9 Å². The highest BCUT2D eigenvalue weighted by Gasteiger charge is 2.20. The van der Waals surface area contributed by atoms with E-state index in [1.165, 1.54) is 6.07 Å². The van der Waals surface area contributed by atoms with E-state index in [1.54, 1.807) is 6.07 Å². The summed E-state index contributed by atoms with van der Waals surface area (Å²) < 4.78 is 15.7. The maximum atomic E-state index is 13.7. The van der Waals surface area contributed by atoms with Crippen LogP contribution in [0.2, 0.25) is 5.02 Å². The third-order valence-corrected chi connectivity index (χ3v) is 4.33. The Morgan fingerprint density at radius 3 is 2.63 bits per heavy atom. The van der Waals surface area contributed by atoms with Gasteiger partial charge in [-0.15, -0.1) is 11.6 Å². The second-order valence-electron chi connectivity index (χ2n) is 4.91. The Morgan fingerprint density at radius 1 is 1.37 bits per heavy atom. The Bertz CT molecular complexity index is 595. The van der Waals surface area contributed by atoms with Crippen LogP contribution in [0.1, 0.15) is 39.1 Å². The highest BCUT2D eigenvalue weighted by atomic mass is 35.5. The van der Waals surface area contributed by atoms with Crippen LogP contribution in [-0.4, -0.2) is 9.55 Å². The summed E-state index contributed by atoms with van der Waals surface area (Å²) >= 11 is 11.8. The standard InChI is InChI=1S/C14H17Cl2FN2/c1-4-8(2)9(3)19-13-6-11(17)10(16)5-12(13)18-14(19)7-15/h5-6,8-9H,4,7H2,1-3H3. The van der Waals surface area contributed by atoms with E-state index in [0.29, 0.717) is 17.3 Å². The summed E-state index contributed by atoms with van der Waals surface area (Å²) in [4.78, 5) is 4.45. The van der Waals surface area contributed by atoms with Gasteiger partial charge in [-0.1, -0.05) is 31.9 Å². The van der Waals surface area contributed by atoms with Crippen LogP contribution >= 0.6 is 23.2 Å². The molecule has 1 heterocycles. The summed E-state index contributed by atoms with van der Waals surface area (Å²) in [5, 5.41) is 0.0921. The molecule has 2 rings (SSSR count). The third kappa shape index (κ3) is 2.59. The molecule has 0 aliphatic heterocycles. The second-order valence-corrected chi connectivity index (χ2v) is 5.59. The second kappa shape index (κ2) is 5.68. The fourth-order valence-electron chi connectivity index (χ4n) is 2.28. The molecule has 0 bridgehead atoms. The lowest BCUT2D eigenvalue weighted by Gasteiger charge is -2.22. The molecule has 2 aromatic rings. The van der Waals surface area contributed by atoms with Gasteiger partial charge < -0.3 is 4.57 Å². The van der Waals surface area contributed by atoms with Crippen LogP contribution in [0, 0.1) is 11.7 Å². The minimum absolute atomic E-state index is 0.0921. The molecule has 0 radical (unpaired) electrons. The van der Waals surface area contributed by atoms with Crippen molar-refractivity contribution >= 4 is 34.2 Å². The molecule has 19 heavy (non-hydrogen) atoms. The van der Waals surface area contributed by atoms with E-state index >= 15 is 0 Å².